The van der Waals surface area contributed by atoms with Crippen LogP contribution in [-0.4, -0.2) is 21.9 Å². The molecular formula is C19H16N2O2. The molecule has 0 spiro atoms. The Balaban J connectivity index is 1.95. The van der Waals surface area contributed by atoms with Gasteiger partial charge in [-0.15, -0.1) is 0 Å². The van der Waals surface area contributed by atoms with E-state index in [1.54, 1.807) is 25.3 Å². The van der Waals surface area contributed by atoms with Crippen molar-refractivity contribution in [2.45, 2.75) is 6.92 Å². The monoisotopic (exact) mass is 304 g/mol. The molecule has 0 aliphatic carbocycles. The van der Waals surface area contributed by atoms with E-state index in [1.165, 1.54) is 0 Å². The van der Waals surface area contributed by atoms with Gasteiger partial charge in [-0.05, 0) is 48.9 Å². The zero-order valence-electron chi connectivity index (χ0n) is 12.7. The first-order valence-electron chi connectivity index (χ1n) is 7.26. The third-order valence-electron chi connectivity index (χ3n) is 3.69. The van der Waals surface area contributed by atoms with E-state index in [4.69, 9.17) is 0 Å². The van der Waals surface area contributed by atoms with Crippen molar-refractivity contribution in [1.82, 2.24) is 4.57 Å². The molecule has 0 fully saturated rings. The lowest BCUT2D eigenvalue weighted by Gasteiger charge is -2.06. The SMILES string of the molecule is Cc1c(N=Cc2cccn2-c2ccccc2)cccc1C(=O)O. The normalized spacial score (nSPS) is 11.0. The highest BCUT2D eigenvalue weighted by molar-refractivity contribution is 5.91. The van der Waals surface area contributed by atoms with Gasteiger partial charge in [0.05, 0.1) is 23.2 Å². The molecule has 3 aromatic rings. The summed E-state index contributed by atoms with van der Waals surface area (Å²) < 4.78 is 2.03. The average molecular weight is 304 g/mol. The van der Waals surface area contributed by atoms with Crippen LogP contribution in [0.5, 0.6) is 0 Å². The van der Waals surface area contributed by atoms with Crippen LogP contribution in [0.1, 0.15) is 21.6 Å². The maximum absolute atomic E-state index is 11.2. The molecule has 0 aliphatic rings. The van der Waals surface area contributed by atoms with Gasteiger partial charge in [-0.2, -0.15) is 0 Å². The van der Waals surface area contributed by atoms with Crippen LogP contribution in [0, 0.1) is 6.92 Å². The lowest BCUT2D eigenvalue weighted by atomic mass is 10.1. The van der Waals surface area contributed by atoms with Crippen molar-refractivity contribution in [3.63, 3.8) is 0 Å². The van der Waals surface area contributed by atoms with E-state index >= 15 is 0 Å². The van der Waals surface area contributed by atoms with Gasteiger partial charge in [0.1, 0.15) is 0 Å². The van der Waals surface area contributed by atoms with Crippen molar-refractivity contribution in [2.75, 3.05) is 0 Å². The molecule has 0 saturated heterocycles. The summed E-state index contributed by atoms with van der Waals surface area (Å²) in [5.74, 6) is -0.938. The zero-order chi connectivity index (χ0) is 16.2. The molecule has 0 unspecified atom stereocenters. The average Bonchev–Trinajstić information content (AvgIpc) is 3.03. The van der Waals surface area contributed by atoms with Crippen LogP contribution in [0.3, 0.4) is 0 Å². The van der Waals surface area contributed by atoms with Gasteiger partial charge >= 0.3 is 5.97 Å². The maximum Gasteiger partial charge on any atom is 0.336 e. The summed E-state index contributed by atoms with van der Waals surface area (Å²) in [7, 11) is 0. The quantitative estimate of drug-likeness (QED) is 0.733. The number of benzene rings is 2. The third kappa shape index (κ3) is 3.06. The standard InChI is InChI=1S/C19H16N2O2/c1-14-17(19(22)23)10-5-11-18(14)20-13-16-9-6-12-21(16)15-7-3-2-4-8-15/h2-13H,1H3,(H,22,23). The number of hydrogen-bond acceptors (Lipinski definition) is 2. The minimum Gasteiger partial charge on any atom is -0.478 e. The highest BCUT2D eigenvalue weighted by atomic mass is 16.4. The molecule has 0 radical (unpaired) electrons. The molecule has 1 aromatic heterocycles. The van der Waals surface area contributed by atoms with E-state index in [9.17, 15) is 9.90 Å². The van der Waals surface area contributed by atoms with Crippen LogP contribution in [0.2, 0.25) is 0 Å². The first-order valence-corrected chi connectivity index (χ1v) is 7.26. The molecule has 1 N–H and O–H groups in total. The molecule has 0 amide bonds. The van der Waals surface area contributed by atoms with Gasteiger partial charge in [-0.3, -0.25) is 4.99 Å². The van der Waals surface area contributed by atoms with E-state index in [2.05, 4.69) is 4.99 Å². The van der Waals surface area contributed by atoms with Gasteiger partial charge in [0.15, 0.2) is 0 Å². The summed E-state index contributed by atoms with van der Waals surface area (Å²) in [6, 6.07) is 19.0. The zero-order valence-corrected chi connectivity index (χ0v) is 12.7. The molecule has 0 atom stereocenters. The Hall–Kier alpha value is -3.14. The number of hydrogen-bond donors (Lipinski definition) is 1. The fourth-order valence-electron chi connectivity index (χ4n) is 2.45. The van der Waals surface area contributed by atoms with Gasteiger partial charge < -0.3 is 9.67 Å². The Morgan fingerprint density at radius 3 is 2.57 bits per heavy atom. The topological polar surface area (TPSA) is 54.6 Å². The molecule has 114 valence electrons. The molecular weight excluding hydrogens is 288 g/mol. The number of para-hydroxylation sites is 1. The number of aromatic nitrogens is 1. The second-order valence-electron chi connectivity index (χ2n) is 5.15. The van der Waals surface area contributed by atoms with Crippen molar-refractivity contribution in [3.8, 4) is 5.69 Å². The molecule has 23 heavy (non-hydrogen) atoms. The maximum atomic E-state index is 11.2. The molecule has 1 heterocycles. The molecule has 0 aliphatic heterocycles. The van der Waals surface area contributed by atoms with E-state index in [-0.39, 0.29) is 5.56 Å². The van der Waals surface area contributed by atoms with Crippen LogP contribution >= 0.6 is 0 Å². The van der Waals surface area contributed by atoms with Crippen LogP contribution < -0.4 is 0 Å². The molecule has 4 nitrogen and oxygen atoms in total. The van der Waals surface area contributed by atoms with Gasteiger partial charge in [0.2, 0.25) is 0 Å². The lowest BCUT2D eigenvalue weighted by Crippen LogP contribution is -2.00. The van der Waals surface area contributed by atoms with Crippen molar-refractivity contribution >= 4 is 17.9 Å². The smallest absolute Gasteiger partial charge is 0.336 e. The summed E-state index contributed by atoms with van der Waals surface area (Å²) in [5, 5.41) is 9.18. The largest absolute Gasteiger partial charge is 0.478 e. The number of aromatic carboxylic acids is 1. The number of rotatable bonds is 4. The van der Waals surface area contributed by atoms with E-state index < -0.39 is 5.97 Å². The molecule has 0 saturated carbocycles. The number of carboxylic acid groups (broad SMARTS) is 1. The van der Waals surface area contributed by atoms with Gasteiger partial charge in [-0.25, -0.2) is 4.79 Å². The number of nitrogens with zero attached hydrogens (tertiary/aromatic N) is 2. The molecule has 4 heteroatoms. The molecule has 0 bridgehead atoms. The van der Waals surface area contributed by atoms with Crippen LogP contribution in [0.15, 0.2) is 71.9 Å². The summed E-state index contributed by atoms with van der Waals surface area (Å²) in [6.45, 7) is 1.77. The van der Waals surface area contributed by atoms with Crippen molar-refractivity contribution in [2.24, 2.45) is 4.99 Å². The lowest BCUT2D eigenvalue weighted by molar-refractivity contribution is 0.0696. The van der Waals surface area contributed by atoms with Gasteiger partial charge in [0.25, 0.3) is 0 Å². The van der Waals surface area contributed by atoms with E-state index in [0.29, 0.717) is 11.3 Å². The molecule has 2 aromatic carbocycles. The van der Waals surface area contributed by atoms with E-state index in [1.807, 2.05) is 59.3 Å². The Labute approximate surface area is 134 Å². The molecule has 3 rings (SSSR count). The predicted molar refractivity (Wildman–Crippen MR) is 91.2 cm³/mol. The minimum atomic E-state index is -0.938. The summed E-state index contributed by atoms with van der Waals surface area (Å²) in [5.41, 5.74) is 3.57. The van der Waals surface area contributed by atoms with Crippen LogP contribution in [0.4, 0.5) is 5.69 Å². The first kappa shape index (κ1) is 14.8. The second kappa shape index (κ2) is 6.32. The summed E-state index contributed by atoms with van der Waals surface area (Å²) in [6.07, 6.45) is 3.72. The number of carboxylic acids is 1. The Morgan fingerprint density at radius 2 is 1.83 bits per heavy atom. The van der Waals surface area contributed by atoms with E-state index in [0.717, 1.165) is 11.4 Å². The predicted octanol–water partition coefficient (Wildman–Crippen LogP) is 4.23. The second-order valence-corrected chi connectivity index (χ2v) is 5.15. The Kier molecular flexibility index (Phi) is 4.06. The highest BCUT2D eigenvalue weighted by Crippen LogP contribution is 2.22. The van der Waals surface area contributed by atoms with Crippen molar-refractivity contribution in [3.05, 3.63) is 83.7 Å². The third-order valence-corrected chi connectivity index (χ3v) is 3.69. The first-order chi connectivity index (χ1) is 11.2. The fraction of sp³-hybridized carbons (Fsp3) is 0.0526. The number of aliphatic imine (C=N–C) groups is 1. The summed E-state index contributed by atoms with van der Waals surface area (Å²) in [4.78, 5) is 15.7. The number of carbonyl (C=O) groups is 1. The van der Waals surface area contributed by atoms with Gasteiger partial charge in [0, 0.05) is 11.9 Å². The van der Waals surface area contributed by atoms with Crippen LogP contribution in [0.25, 0.3) is 5.69 Å². The van der Waals surface area contributed by atoms with Crippen molar-refractivity contribution in [1.29, 1.82) is 0 Å². The minimum absolute atomic E-state index is 0.276. The van der Waals surface area contributed by atoms with Crippen molar-refractivity contribution < 1.29 is 9.90 Å². The van der Waals surface area contributed by atoms with Gasteiger partial charge in [-0.1, -0.05) is 24.3 Å². The summed E-state index contributed by atoms with van der Waals surface area (Å²) >= 11 is 0. The fourth-order valence-corrected chi connectivity index (χ4v) is 2.45. The van der Waals surface area contributed by atoms with Crippen LogP contribution in [-0.2, 0) is 0 Å². The Morgan fingerprint density at radius 1 is 1.04 bits per heavy atom. The Bertz CT molecular complexity index is 864. The highest BCUT2D eigenvalue weighted by Gasteiger charge is 2.09.